The van der Waals surface area contributed by atoms with Crippen molar-refractivity contribution in [3.8, 4) is 5.75 Å². The lowest BCUT2D eigenvalue weighted by Crippen LogP contribution is -2.48. The third-order valence-electron chi connectivity index (χ3n) is 6.21. The second-order valence-electron chi connectivity index (χ2n) is 9.17. The SMILES string of the molecule is Cc1cc(OCc2ccc(C(=O)N3CCN(Cc4ccc(Cl)c(Cl)c4)CC3)o2)c(C(C)C)cc1Cl. The highest BCUT2D eigenvalue weighted by atomic mass is 35.5. The quantitative estimate of drug-likeness (QED) is 0.321. The zero-order valence-corrected chi connectivity index (χ0v) is 22.4. The lowest BCUT2D eigenvalue weighted by atomic mass is 10.0. The van der Waals surface area contributed by atoms with Crippen molar-refractivity contribution >= 4 is 40.7 Å². The van der Waals surface area contributed by atoms with Gasteiger partial charge in [0.2, 0.25) is 0 Å². The second-order valence-corrected chi connectivity index (χ2v) is 10.4. The number of halogens is 3. The molecule has 1 saturated heterocycles. The van der Waals surface area contributed by atoms with E-state index in [1.165, 1.54) is 0 Å². The smallest absolute Gasteiger partial charge is 0.289 e. The van der Waals surface area contributed by atoms with Crippen LogP contribution in [0.3, 0.4) is 0 Å². The molecule has 0 radical (unpaired) electrons. The molecule has 0 unspecified atom stereocenters. The molecular formula is C27H29Cl3N2O3. The molecule has 1 amide bonds. The molecule has 5 nitrogen and oxygen atoms in total. The summed E-state index contributed by atoms with van der Waals surface area (Å²) < 4.78 is 11.9. The second kappa shape index (κ2) is 11.3. The Balaban J connectivity index is 1.32. The van der Waals surface area contributed by atoms with Gasteiger partial charge in [0.15, 0.2) is 5.76 Å². The van der Waals surface area contributed by atoms with Crippen LogP contribution in [0, 0.1) is 6.92 Å². The fourth-order valence-corrected chi connectivity index (χ4v) is 4.62. The van der Waals surface area contributed by atoms with Gasteiger partial charge in [-0.15, -0.1) is 0 Å². The van der Waals surface area contributed by atoms with Gasteiger partial charge in [0.05, 0.1) is 10.0 Å². The van der Waals surface area contributed by atoms with Crippen molar-refractivity contribution in [2.24, 2.45) is 0 Å². The van der Waals surface area contributed by atoms with Crippen LogP contribution in [0.2, 0.25) is 15.1 Å². The minimum absolute atomic E-state index is 0.101. The van der Waals surface area contributed by atoms with Gasteiger partial charge in [-0.2, -0.15) is 0 Å². The normalized spacial score (nSPS) is 14.5. The summed E-state index contributed by atoms with van der Waals surface area (Å²) in [5.41, 5.74) is 3.10. The molecule has 1 aliphatic rings. The molecule has 1 fully saturated rings. The van der Waals surface area contributed by atoms with Gasteiger partial charge in [0.1, 0.15) is 18.1 Å². The van der Waals surface area contributed by atoms with E-state index in [9.17, 15) is 4.79 Å². The molecule has 0 atom stereocenters. The molecule has 3 aromatic rings. The van der Waals surface area contributed by atoms with E-state index in [2.05, 4.69) is 18.7 Å². The van der Waals surface area contributed by atoms with E-state index < -0.39 is 0 Å². The number of hydrogen-bond acceptors (Lipinski definition) is 4. The van der Waals surface area contributed by atoms with Crippen LogP contribution in [0.15, 0.2) is 46.9 Å². The first-order valence-corrected chi connectivity index (χ1v) is 12.8. The molecule has 1 aromatic heterocycles. The number of carbonyl (C=O) groups is 1. The molecule has 4 rings (SSSR count). The first-order valence-electron chi connectivity index (χ1n) is 11.7. The molecule has 8 heteroatoms. The van der Waals surface area contributed by atoms with Gasteiger partial charge in [0, 0.05) is 37.7 Å². The minimum atomic E-state index is -0.101. The van der Waals surface area contributed by atoms with Crippen LogP contribution in [0.25, 0.3) is 0 Å². The van der Waals surface area contributed by atoms with Gasteiger partial charge in [-0.05, 0) is 65.9 Å². The maximum absolute atomic E-state index is 13.0. The number of rotatable bonds is 7. The summed E-state index contributed by atoms with van der Waals surface area (Å²) in [4.78, 5) is 17.1. The van der Waals surface area contributed by atoms with Crippen LogP contribution in [-0.4, -0.2) is 41.9 Å². The molecule has 186 valence electrons. The third-order valence-corrected chi connectivity index (χ3v) is 7.35. The summed E-state index contributed by atoms with van der Waals surface area (Å²) in [6.07, 6.45) is 0. The number of furan rings is 1. The number of nitrogens with zero attached hydrogens (tertiary/aromatic N) is 2. The summed E-state index contributed by atoms with van der Waals surface area (Å²) in [6.45, 7) is 9.97. The van der Waals surface area contributed by atoms with Gasteiger partial charge in [-0.3, -0.25) is 9.69 Å². The van der Waals surface area contributed by atoms with Crippen LogP contribution < -0.4 is 4.74 Å². The largest absolute Gasteiger partial charge is 0.485 e. The molecule has 0 spiro atoms. The van der Waals surface area contributed by atoms with Crippen LogP contribution in [-0.2, 0) is 13.2 Å². The lowest BCUT2D eigenvalue weighted by molar-refractivity contribution is 0.0594. The molecule has 0 bridgehead atoms. The summed E-state index contributed by atoms with van der Waals surface area (Å²) in [6, 6.07) is 13.1. The summed E-state index contributed by atoms with van der Waals surface area (Å²) in [5.74, 6) is 1.89. The molecule has 0 N–H and O–H groups in total. The Kier molecular flexibility index (Phi) is 8.33. The topological polar surface area (TPSA) is 45.9 Å². The van der Waals surface area contributed by atoms with E-state index in [4.69, 9.17) is 44.0 Å². The van der Waals surface area contributed by atoms with Crippen molar-refractivity contribution in [1.82, 2.24) is 9.80 Å². The Morgan fingerprint density at radius 1 is 0.971 bits per heavy atom. The van der Waals surface area contributed by atoms with Gasteiger partial charge in [0.25, 0.3) is 5.91 Å². The zero-order chi connectivity index (χ0) is 25.1. The maximum Gasteiger partial charge on any atom is 0.289 e. The third kappa shape index (κ3) is 6.34. The van der Waals surface area contributed by atoms with E-state index >= 15 is 0 Å². The average molecular weight is 536 g/mol. The molecular weight excluding hydrogens is 507 g/mol. The van der Waals surface area contributed by atoms with E-state index in [0.29, 0.717) is 34.7 Å². The van der Waals surface area contributed by atoms with Crippen LogP contribution in [0.4, 0.5) is 0 Å². The summed E-state index contributed by atoms with van der Waals surface area (Å²) in [7, 11) is 0. The van der Waals surface area contributed by atoms with Crippen molar-refractivity contribution < 1.29 is 13.9 Å². The Morgan fingerprint density at radius 3 is 2.40 bits per heavy atom. The number of hydrogen-bond donors (Lipinski definition) is 0. The number of amides is 1. The molecule has 2 aromatic carbocycles. The number of carbonyl (C=O) groups excluding carboxylic acids is 1. The molecule has 2 heterocycles. The van der Waals surface area contributed by atoms with Crippen LogP contribution in [0.5, 0.6) is 5.75 Å². The van der Waals surface area contributed by atoms with Gasteiger partial charge >= 0.3 is 0 Å². The van der Waals surface area contributed by atoms with E-state index in [1.807, 2.05) is 42.2 Å². The van der Waals surface area contributed by atoms with Crippen molar-refractivity contribution in [2.75, 3.05) is 26.2 Å². The predicted molar refractivity (Wildman–Crippen MR) is 141 cm³/mol. The molecule has 35 heavy (non-hydrogen) atoms. The Morgan fingerprint density at radius 2 is 1.71 bits per heavy atom. The molecule has 0 saturated carbocycles. The van der Waals surface area contributed by atoms with Crippen LogP contribution >= 0.6 is 34.8 Å². The van der Waals surface area contributed by atoms with Crippen molar-refractivity contribution in [3.63, 3.8) is 0 Å². The lowest BCUT2D eigenvalue weighted by Gasteiger charge is -2.34. The number of benzene rings is 2. The van der Waals surface area contributed by atoms with E-state index in [0.717, 1.165) is 47.1 Å². The van der Waals surface area contributed by atoms with Gasteiger partial charge in [-0.25, -0.2) is 0 Å². The maximum atomic E-state index is 13.0. The highest BCUT2D eigenvalue weighted by Gasteiger charge is 2.24. The Hall–Kier alpha value is -2.18. The summed E-state index contributed by atoms with van der Waals surface area (Å²) in [5, 5.41) is 1.84. The Labute approximate surface area is 221 Å². The average Bonchev–Trinajstić information content (AvgIpc) is 3.31. The fraction of sp³-hybridized carbons (Fsp3) is 0.370. The van der Waals surface area contributed by atoms with E-state index in [1.54, 1.807) is 12.1 Å². The Bertz CT molecular complexity index is 1200. The monoisotopic (exact) mass is 534 g/mol. The van der Waals surface area contributed by atoms with Gasteiger partial charge < -0.3 is 14.1 Å². The highest BCUT2D eigenvalue weighted by molar-refractivity contribution is 6.42. The molecule has 0 aliphatic carbocycles. The van der Waals surface area contributed by atoms with Crippen molar-refractivity contribution in [3.05, 3.63) is 85.7 Å². The predicted octanol–water partition coefficient (Wildman–Crippen LogP) is 7.21. The first kappa shape index (κ1) is 25.9. The van der Waals surface area contributed by atoms with Crippen molar-refractivity contribution in [1.29, 1.82) is 0 Å². The summed E-state index contributed by atoms with van der Waals surface area (Å²) >= 11 is 18.4. The standard InChI is InChI=1S/C27H29Cl3N2O3/c1-17(2)21-14-23(29)18(3)12-26(21)34-16-20-5-7-25(35-20)27(33)32-10-8-31(9-11-32)15-19-4-6-22(28)24(30)13-19/h4-7,12-14,17H,8-11,15-16H2,1-3H3. The fourth-order valence-electron chi connectivity index (χ4n) is 4.13. The highest BCUT2D eigenvalue weighted by Crippen LogP contribution is 2.32. The minimum Gasteiger partial charge on any atom is -0.485 e. The molecule has 1 aliphatic heterocycles. The first-order chi connectivity index (χ1) is 16.7. The number of piperazine rings is 1. The van der Waals surface area contributed by atoms with E-state index in [-0.39, 0.29) is 18.4 Å². The van der Waals surface area contributed by atoms with Crippen LogP contribution in [0.1, 0.15) is 52.8 Å². The number of aryl methyl sites for hydroxylation is 1. The van der Waals surface area contributed by atoms with Crippen molar-refractivity contribution in [2.45, 2.75) is 39.8 Å². The number of ether oxygens (including phenoxy) is 1. The van der Waals surface area contributed by atoms with Gasteiger partial charge in [-0.1, -0.05) is 54.7 Å². The zero-order valence-electron chi connectivity index (χ0n) is 20.1.